The van der Waals surface area contributed by atoms with Gasteiger partial charge in [0.1, 0.15) is 17.5 Å². The fraction of sp³-hybridized carbons (Fsp3) is 0.250. The van der Waals surface area contributed by atoms with E-state index in [1.54, 1.807) is 28.7 Å². The van der Waals surface area contributed by atoms with Crippen molar-refractivity contribution in [3.63, 3.8) is 0 Å². The Labute approximate surface area is 92.5 Å². The van der Waals surface area contributed by atoms with E-state index in [1.165, 1.54) is 6.07 Å². The molecule has 0 radical (unpaired) electrons. The van der Waals surface area contributed by atoms with E-state index in [0.29, 0.717) is 5.56 Å². The Bertz CT molecular complexity index is 390. The van der Waals surface area contributed by atoms with Gasteiger partial charge in [0.2, 0.25) is 0 Å². The molecule has 3 nitrogen and oxygen atoms in total. The summed E-state index contributed by atoms with van der Waals surface area (Å²) in [6.45, 7) is -0.380. The highest BCUT2D eigenvalue weighted by atomic mass is 127. The van der Waals surface area contributed by atoms with E-state index in [0.717, 1.165) is 0 Å². The van der Waals surface area contributed by atoms with Gasteiger partial charge in [0.25, 0.3) is 6.43 Å². The molecular formula is C8H5F2IN2O. The second kappa shape index (κ2) is 4.61. The zero-order chi connectivity index (χ0) is 10.7. The first-order chi connectivity index (χ1) is 6.60. The van der Waals surface area contributed by atoms with Crippen LogP contribution in [0.1, 0.15) is 23.4 Å². The summed E-state index contributed by atoms with van der Waals surface area (Å²) in [5.41, 5.74) is -0.258. The van der Waals surface area contributed by atoms with Gasteiger partial charge in [-0.05, 0) is 34.2 Å². The minimum absolute atomic E-state index is 0.107. The molecule has 1 rings (SSSR count). The topological polar surface area (TPSA) is 56.9 Å². The molecule has 0 aliphatic rings. The van der Waals surface area contributed by atoms with Crippen molar-refractivity contribution in [3.05, 3.63) is 26.6 Å². The summed E-state index contributed by atoms with van der Waals surface area (Å²) in [6, 6.07) is 2.96. The van der Waals surface area contributed by atoms with Crippen molar-refractivity contribution >= 4 is 22.6 Å². The van der Waals surface area contributed by atoms with Crippen LogP contribution in [0.2, 0.25) is 0 Å². The highest BCUT2D eigenvalue weighted by Gasteiger charge is 2.17. The largest absolute Gasteiger partial charge is 0.392 e. The third-order valence-electron chi connectivity index (χ3n) is 1.55. The van der Waals surface area contributed by atoms with Gasteiger partial charge < -0.3 is 5.11 Å². The van der Waals surface area contributed by atoms with Gasteiger partial charge in [0.05, 0.1) is 6.61 Å². The molecule has 74 valence electrons. The number of hydrogen-bond donors (Lipinski definition) is 1. The number of halogens is 3. The average Bonchev–Trinajstić information content (AvgIpc) is 2.17. The van der Waals surface area contributed by atoms with Crippen molar-refractivity contribution in [2.24, 2.45) is 0 Å². The monoisotopic (exact) mass is 310 g/mol. The van der Waals surface area contributed by atoms with Gasteiger partial charge in [-0.3, -0.25) is 0 Å². The average molecular weight is 310 g/mol. The second-order valence-corrected chi connectivity index (χ2v) is 3.52. The summed E-state index contributed by atoms with van der Waals surface area (Å²) in [6.07, 6.45) is -2.74. The molecule has 0 aliphatic heterocycles. The van der Waals surface area contributed by atoms with Gasteiger partial charge in [0, 0.05) is 3.57 Å². The summed E-state index contributed by atoms with van der Waals surface area (Å²) >= 11 is 1.68. The molecule has 0 saturated carbocycles. The van der Waals surface area contributed by atoms with Gasteiger partial charge in [0.15, 0.2) is 0 Å². The van der Waals surface area contributed by atoms with Crippen molar-refractivity contribution in [2.45, 2.75) is 13.0 Å². The molecule has 14 heavy (non-hydrogen) atoms. The van der Waals surface area contributed by atoms with Crippen LogP contribution in [0.15, 0.2) is 6.07 Å². The van der Waals surface area contributed by atoms with Crippen molar-refractivity contribution < 1.29 is 13.9 Å². The zero-order valence-corrected chi connectivity index (χ0v) is 8.99. The fourth-order valence-electron chi connectivity index (χ4n) is 0.921. The molecule has 1 aromatic heterocycles. The molecule has 0 atom stereocenters. The quantitative estimate of drug-likeness (QED) is 0.850. The lowest BCUT2D eigenvalue weighted by Gasteiger charge is -2.06. The molecule has 0 amide bonds. The van der Waals surface area contributed by atoms with E-state index in [4.69, 9.17) is 10.4 Å². The van der Waals surface area contributed by atoms with Gasteiger partial charge in [-0.2, -0.15) is 5.26 Å². The lowest BCUT2D eigenvalue weighted by atomic mass is 10.2. The first kappa shape index (κ1) is 11.3. The molecule has 1 heterocycles. The van der Waals surface area contributed by atoms with Gasteiger partial charge in [-0.15, -0.1) is 0 Å². The number of nitriles is 1. The molecular weight excluding hydrogens is 305 g/mol. The molecule has 0 aliphatic carbocycles. The minimum atomic E-state index is -2.74. The van der Waals surface area contributed by atoms with Crippen LogP contribution in [-0.2, 0) is 6.61 Å². The first-order valence-electron chi connectivity index (χ1n) is 3.58. The van der Waals surface area contributed by atoms with Crippen LogP contribution >= 0.6 is 22.6 Å². The summed E-state index contributed by atoms with van der Waals surface area (Å²) in [7, 11) is 0. The maximum absolute atomic E-state index is 12.4. The predicted octanol–water partition coefficient (Wildman–Crippen LogP) is 1.99. The van der Waals surface area contributed by atoms with E-state index in [1.807, 2.05) is 0 Å². The highest BCUT2D eigenvalue weighted by Crippen LogP contribution is 2.25. The Morgan fingerprint density at radius 3 is 2.71 bits per heavy atom. The van der Waals surface area contributed by atoms with E-state index in [9.17, 15) is 8.78 Å². The van der Waals surface area contributed by atoms with Gasteiger partial charge in [-0.1, -0.05) is 0 Å². The van der Waals surface area contributed by atoms with Crippen LogP contribution in [0, 0.1) is 14.9 Å². The number of aliphatic hydroxyl groups excluding tert-OH is 1. The van der Waals surface area contributed by atoms with E-state index in [2.05, 4.69) is 4.98 Å². The number of alkyl halides is 2. The van der Waals surface area contributed by atoms with Crippen molar-refractivity contribution in [2.75, 3.05) is 0 Å². The maximum Gasteiger partial charge on any atom is 0.281 e. The molecule has 0 fully saturated rings. The Balaban J connectivity index is 3.36. The van der Waals surface area contributed by atoms with Crippen LogP contribution < -0.4 is 0 Å². The second-order valence-electron chi connectivity index (χ2n) is 2.44. The van der Waals surface area contributed by atoms with Gasteiger partial charge in [-0.25, -0.2) is 13.8 Å². The molecule has 1 aromatic rings. The van der Waals surface area contributed by atoms with Crippen LogP contribution in [0.25, 0.3) is 0 Å². The maximum atomic E-state index is 12.4. The summed E-state index contributed by atoms with van der Waals surface area (Å²) < 4.78 is 25.0. The Morgan fingerprint density at radius 2 is 2.29 bits per heavy atom. The summed E-state index contributed by atoms with van der Waals surface area (Å²) in [5.74, 6) is 0. The smallest absolute Gasteiger partial charge is 0.281 e. The molecule has 0 aromatic carbocycles. The SMILES string of the molecule is N#Cc1cc(CO)c(I)c(C(F)F)n1. The number of nitrogens with zero attached hydrogens (tertiary/aromatic N) is 2. The van der Waals surface area contributed by atoms with Crippen molar-refractivity contribution in [3.8, 4) is 6.07 Å². The summed E-state index contributed by atoms with van der Waals surface area (Å²) in [4.78, 5) is 3.47. The van der Waals surface area contributed by atoms with Crippen LogP contribution in [0.3, 0.4) is 0 Å². The molecule has 1 N–H and O–H groups in total. The van der Waals surface area contributed by atoms with E-state index >= 15 is 0 Å². The number of pyridine rings is 1. The fourth-order valence-corrected chi connectivity index (χ4v) is 1.60. The van der Waals surface area contributed by atoms with Crippen LogP contribution in [0.5, 0.6) is 0 Å². The molecule has 0 spiro atoms. The number of rotatable bonds is 2. The van der Waals surface area contributed by atoms with Crippen LogP contribution in [-0.4, -0.2) is 10.1 Å². The van der Waals surface area contributed by atoms with E-state index < -0.39 is 12.1 Å². The van der Waals surface area contributed by atoms with Crippen LogP contribution in [0.4, 0.5) is 8.78 Å². The highest BCUT2D eigenvalue weighted by molar-refractivity contribution is 14.1. The normalized spacial score (nSPS) is 10.3. The first-order valence-corrected chi connectivity index (χ1v) is 4.66. The third kappa shape index (κ3) is 2.16. The zero-order valence-electron chi connectivity index (χ0n) is 6.84. The number of aliphatic hydroxyl groups is 1. The van der Waals surface area contributed by atoms with Crippen molar-refractivity contribution in [1.29, 1.82) is 5.26 Å². The number of aromatic nitrogens is 1. The Morgan fingerprint density at radius 1 is 1.64 bits per heavy atom. The lowest BCUT2D eigenvalue weighted by Crippen LogP contribution is -2.02. The third-order valence-corrected chi connectivity index (χ3v) is 2.80. The van der Waals surface area contributed by atoms with E-state index in [-0.39, 0.29) is 15.9 Å². The minimum Gasteiger partial charge on any atom is -0.392 e. The lowest BCUT2D eigenvalue weighted by molar-refractivity contribution is 0.144. The van der Waals surface area contributed by atoms with Gasteiger partial charge >= 0.3 is 0 Å². The molecule has 0 bridgehead atoms. The Kier molecular flexibility index (Phi) is 3.71. The predicted molar refractivity (Wildman–Crippen MR) is 52.5 cm³/mol. The van der Waals surface area contributed by atoms with Crippen molar-refractivity contribution in [1.82, 2.24) is 4.98 Å². The molecule has 6 heteroatoms. The number of hydrogen-bond acceptors (Lipinski definition) is 3. The summed E-state index contributed by atoms with van der Waals surface area (Å²) in [5, 5.41) is 17.4. The Hall–Kier alpha value is -0.810. The standard InChI is InChI=1S/C8H5F2IN2O/c9-8(10)7-6(11)4(3-14)1-5(2-12)13-7/h1,8,14H,3H2. The molecule has 0 unspecified atom stereocenters. The molecule has 0 saturated heterocycles.